The Hall–Kier alpha value is -2.25. The topological polar surface area (TPSA) is 127 Å². The lowest BCUT2D eigenvalue weighted by Crippen LogP contribution is -2.57. The zero-order valence-corrected chi connectivity index (χ0v) is 12.6. The highest BCUT2D eigenvalue weighted by molar-refractivity contribution is 6.02. The van der Waals surface area contributed by atoms with E-state index in [-0.39, 0.29) is 6.42 Å². The standard InChI is InChI=1S/C15H21N3O4/c1-9(16)13(19)18(14(20)10(2)17)12(15(21)22)8-11-6-4-3-5-7-11/h3-7,9-10,12H,8,16-17H2,1-2H3,(H,21,22). The second-order valence-electron chi connectivity index (χ2n) is 5.17. The third kappa shape index (κ3) is 4.37. The van der Waals surface area contributed by atoms with Crippen LogP contribution in [0.25, 0.3) is 0 Å². The number of hydrogen-bond acceptors (Lipinski definition) is 5. The molecular formula is C15H21N3O4. The molecule has 1 aromatic carbocycles. The van der Waals surface area contributed by atoms with Crippen LogP contribution < -0.4 is 11.5 Å². The van der Waals surface area contributed by atoms with E-state index in [4.69, 9.17) is 11.5 Å². The number of aliphatic carboxylic acids is 1. The van der Waals surface area contributed by atoms with Gasteiger partial charge in [0.15, 0.2) is 0 Å². The van der Waals surface area contributed by atoms with E-state index < -0.39 is 35.9 Å². The van der Waals surface area contributed by atoms with Crippen molar-refractivity contribution in [2.45, 2.75) is 38.4 Å². The number of hydrogen-bond donors (Lipinski definition) is 3. The molecule has 3 unspecified atom stereocenters. The van der Waals surface area contributed by atoms with Crippen LogP contribution in [0.3, 0.4) is 0 Å². The molecule has 0 radical (unpaired) electrons. The maximum absolute atomic E-state index is 12.2. The summed E-state index contributed by atoms with van der Waals surface area (Å²) < 4.78 is 0. The molecule has 22 heavy (non-hydrogen) atoms. The quantitative estimate of drug-likeness (QED) is 0.664. The van der Waals surface area contributed by atoms with E-state index in [9.17, 15) is 19.5 Å². The average Bonchev–Trinajstić information content (AvgIpc) is 2.46. The van der Waals surface area contributed by atoms with E-state index >= 15 is 0 Å². The normalized spacial score (nSPS) is 14.7. The number of imide groups is 1. The largest absolute Gasteiger partial charge is 0.480 e. The smallest absolute Gasteiger partial charge is 0.327 e. The molecule has 1 aromatic rings. The van der Waals surface area contributed by atoms with Crippen LogP contribution in [0, 0.1) is 0 Å². The van der Waals surface area contributed by atoms with E-state index in [1.807, 2.05) is 0 Å². The lowest BCUT2D eigenvalue weighted by atomic mass is 10.0. The van der Waals surface area contributed by atoms with E-state index in [0.717, 1.165) is 0 Å². The second-order valence-corrected chi connectivity index (χ2v) is 5.17. The van der Waals surface area contributed by atoms with Gasteiger partial charge in [0.25, 0.3) is 0 Å². The molecule has 3 atom stereocenters. The van der Waals surface area contributed by atoms with Gasteiger partial charge in [-0.15, -0.1) is 0 Å². The van der Waals surface area contributed by atoms with Crippen molar-refractivity contribution in [3.05, 3.63) is 35.9 Å². The monoisotopic (exact) mass is 307 g/mol. The summed E-state index contributed by atoms with van der Waals surface area (Å²) in [5.41, 5.74) is 11.7. The predicted molar refractivity (Wildman–Crippen MR) is 80.7 cm³/mol. The van der Waals surface area contributed by atoms with E-state index in [0.29, 0.717) is 10.5 Å². The zero-order valence-electron chi connectivity index (χ0n) is 12.6. The molecule has 5 N–H and O–H groups in total. The van der Waals surface area contributed by atoms with Crippen molar-refractivity contribution < 1.29 is 19.5 Å². The summed E-state index contributed by atoms with van der Waals surface area (Å²) in [7, 11) is 0. The van der Waals surface area contributed by atoms with Gasteiger partial charge in [-0.3, -0.25) is 14.5 Å². The molecular weight excluding hydrogens is 286 g/mol. The maximum Gasteiger partial charge on any atom is 0.327 e. The Morgan fingerprint density at radius 3 is 1.86 bits per heavy atom. The van der Waals surface area contributed by atoms with Crippen LogP contribution in [0.5, 0.6) is 0 Å². The summed E-state index contributed by atoms with van der Waals surface area (Å²) in [4.78, 5) is 36.6. The number of carboxylic acid groups (broad SMARTS) is 1. The highest BCUT2D eigenvalue weighted by Crippen LogP contribution is 2.12. The Morgan fingerprint density at radius 2 is 1.50 bits per heavy atom. The molecule has 0 saturated carbocycles. The fourth-order valence-electron chi connectivity index (χ4n) is 1.98. The first kappa shape index (κ1) is 17.8. The fraction of sp³-hybridized carbons (Fsp3) is 0.400. The van der Waals surface area contributed by atoms with Crippen LogP contribution in [-0.4, -0.2) is 45.9 Å². The predicted octanol–water partition coefficient (Wildman–Crippen LogP) is -0.268. The van der Waals surface area contributed by atoms with Crippen molar-refractivity contribution >= 4 is 17.8 Å². The van der Waals surface area contributed by atoms with Crippen molar-refractivity contribution in [3.8, 4) is 0 Å². The molecule has 120 valence electrons. The first-order chi connectivity index (χ1) is 10.3. The number of rotatable bonds is 6. The number of carboxylic acids is 1. The first-order valence-corrected chi connectivity index (χ1v) is 6.90. The molecule has 0 spiro atoms. The Balaban J connectivity index is 3.18. The molecule has 0 aliphatic heterocycles. The first-order valence-electron chi connectivity index (χ1n) is 6.90. The zero-order chi connectivity index (χ0) is 16.9. The van der Waals surface area contributed by atoms with Crippen molar-refractivity contribution in [2.75, 3.05) is 0 Å². The second kappa shape index (κ2) is 7.67. The summed E-state index contributed by atoms with van der Waals surface area (Å²) in [6.07, 6.45) is -0.00685. The highest BCUT2D eigenvalue weighted by atomic mass is 16.4. The number of benzene rings is 1. The number of nitrogens with two attached hydrogens (primary N) is 2. The van der Waals surface area contributed by atoms with Gasteiger partial charge in [-0.1, -0.05) is 30.3 Å². The lowest BCUT2D eigenvalue weighted by molar-refractivity contribution is -0.158. The summed E-state index contributed by atoms with van der Waals surface area (Å²) in [5.74, 6) is -2.80. The molecule has 1 rings (SSSR count). The van der Waals surface area contributed by atoms with Crippen LogP contribution in [-0.2, 0) is 20.8 Å². The Morgan fingerprint density at radius 1 is 1.05 bits per heavy atom. The average molecular weight is 307 g/mol. The van der Waals surface area contributed by atoms with Crippen molar-refractivity contribution in [1.29, 1.82) is 0 Å². The number of nitrogens with zero attached hydrogens (tertiary/aromatic N) is 1. The van der Waals surface area contributed by atoms with Gasteiger partial charge in [-0.25, -0.2) is 4.79 Å². The number of carbonyl (C=O) groups is 3. The summed E-state index contributed by atoms with van der Waals surface area (Å²) in [6.45, 7) is 2.79. The van der Waals surface area contributed by atoms with Crippen LogP contribution in [0.2, 0.25) is 0 Å². The summed E-state index contributed by atoms with van der Waals surface area (Å²) in [5, 5.41) is 9.44. The van der Waals surface area contributed by atoms with Crippen molar-refractivity contribution in [3.63, 3.8) is 0 Å². The molecule has 0 heterocycles. The van der Waals surface area contributed by atoms with E-state index in [1.165, 1.54) is 13.8 Å². The lowest BCUT2D eigenvalue weighted by Gasteiger charge is -2.30. The number of amides is 2. The minimum absolute atomic E-state index is 0.00685. The third-order valence-corrected chi connectivity index (χ3v) is 3.12. The van der Waals surface area contributed by atoms with Crippen LogP contribution in [0.4, 0.5) is 0 Å². The Kier molecular flexibility index (Phi) is 6.21. The summed E-state index contributed by atoms with van der Waals surface area (Å²) in [6, 6.07) is 5.39. The molecule has 0 aromatic heterocycles. The fourth-order valence-corrected chi connectivity index (χ4v) is 1.98. The van der Waals surface area contributed by atoms with Crippen molar-refractivity contribution in [2.24, 2.45) is 11.5 Å². The molecule has 0 bridgehead atoms. The number of carbonyl (C=O) groups excluding carboxylic acids is 2. The minimum Gasteiger partial charge on any atom is -0.480 e. The van der Waals surface area contributed by atoms with E-state index in [1.54, 1.807) is 30.3 Å². The van der Waals surface area contributed by atoms with E-state index in [2.05, 4.69) is 0 Å². The van der Waals surface area contributed by atoms with Gasteiger partial charge < -0.3 is 16.6 Å². The van der Waals surface area contributed by atoms with Gasteiger partial charge >= 0.3 is 5.97 Å². The minimum atomic E-state index is -1.35. The molecule has 0 saturated heterocycles. The SMILES string of the molecule is CC(N)C(=O)N(C(=O)C(C)N)C(Cc1ccccc1)C(=O)O. The highest BCUT2D eigenvalue weighted by Gasteiger charge is 2.37. The van der Waals surface area contributed by atoms with Crippen LogP contribution >= 0.6 is 0 Å². The van der Waals surface area contributed by atoms with Gasteiger partial charge in [0.05, 0.1) is 12.1 Å². The molecule has 0 aliphatic rings. The molecule has 0 aliphatic carbocycles. The summed E-state index contributed by atoms with van der Waals surface area (Å²) >= 11 is 0. The van der Waals surface area contributed by atoms with Gasteiger partial charge in [0.1, 0.15) is 6.04 Å². The molecule has 7 heteroatoms. The van der Waals surface area contributed by atoms with Crippen LogP contribution in [0.15, 0.2) is 30.3 Å². The molecule has 2 amide bonds. The molecule has 7 nitrogen and oxygen atoms in total. The van der Waals surface area contributed by atoms with Crippen LogP contribution in [0.1, 0.15) is 19.4 Å². The van der Waals surface area contributed by atoms with Gasteiger partial charge in [-0.2, -0.15) is 0 Å². The maximum atomic E-state index is 12.2. The van der Waals surface area contributed by atoms with Gasteiger partial charge in [0.2, 0.25) is 11.8 Å². The Labute approximate surface area is 128 Å². The Bertz CT molecular complexity index is 523. The molecule has 0 fully saturated rings. The third-order valence-electron chi connectivity index (χ3n) is 3.12. The van der Waals surface area contributed by atoms with Crippen molar-refractivity contribution in [1.82, 2.24) is 4.90 Å². The van der Waals surface area contributed by atoms with Gasteiger partial charge in [0, 0.05) is 6.42 Å². The van der Waals surface area contributed by atoms with Gasteiger partial charge in [-0.05, 0) is 19.4 Å².